The van der Waals surface area contributed by atoms with Gasteiger partial charge in [-0.3, -0.25) is 14.6 Å². The average molecular weight is 305 g/mol. The molecule has 1 aromatic heterocycles. The Balaban J connectivity index is 1.80. The predicted molar refractivity (Wildman–Crippen MR) is 74.8 cm³/mol. The highest BCUT2D eigenvalue weighted by atomic mass is 19.2. The number of carbonyl (C=O) groups is 2. The summed E-state index contributed by atoms with van der Waals surface area (Å²) in [6, 6.07) is 6.31. The molecule has 0 bridgehead atoms. The Bertz CT molecular complexity index is 678. The van der Waals surface area contributed by atoms with Crippen LogP contribution in [0.5, 0.6) is 0 Å². The number of rotatable bonds is 5. The van der Waals surface area contributed by atoms with E-state index in [9.17, 15) is 18.4 Å². The molecule has 0 fully saturated rings. The summed E-state index contributed by atoms with van der Waals surface area (Å²) in [5.74, 6) is -3.21. The lowest BCUT2D eigenvalue weighted by atomic mass is 10.2. The fraction of sp³-hybridized carbons (Fsp3) is 0.133. The second kappa shape index (κ2) is 7.26. The monoisotopic (exact) mass is 305 g/mol. The molecule has 0 unspecified atom stereocenters. The summed E-state index contributed by atoms with van der Waals surface area (Å²) in [4.78, 5) is 27.2. The van der Waals surface area contributed by atoms with Gasteiger partial charge in [-0.25, -0.2) is 8.78 Å². The van der Waals surface area contributed by atoms with Gasteiger partial charge in [0.25, 0.3) is 5.91 Å². The van der Waals surface area contributed by atoms with E-state index in [1.807, 2.05) is 0 Å². The second-order valence-corrected chi connectivity index (χ2v) is 4.45. The van der Waals surface area contributed by atoms with E-state index >= 15 is 0 Å². The summed E-state index contributed by atoms with van der Waals surface area (Å²) in [6.45, 7) is 0.0197. The van der Waals surface area contributed by atoms with Gasteiger partial charge in [0.2, 0.25) is 5.91 Å². The molecule has 114 valence electrons. The Morgan fingerprint density at radius 2 is 1.91 bits per heavy atom. The molecule has 2 rings (SSSR count). The van der Waals surface area contributed by atoms with Crippen molar-refractivity contribution in [2.45, 2.75) is 6.54 Å². The number of nitrogens with zero attached hydrogens (tertiary/aromatic N) is 1. The van der Waals surface area contributed by atoms with E-state index in [0.29, 0.717) is 0 Å². The van der Waals surface area contributed by atoms with E-state index in [1.54, 1.807) is 24.5 Å². The Hall–Kier alpha value is -2.83. The zero-order valence-electron chi connectivity index (χ0n) is 11.5. The SMILES string of the molecule is O=C(CNC(=O)c1ccc(F)c(F)c1)NCc1cccnc1. The van der Waals surface area contributed by atoms with Gasteiger partial charge in [0.15, 0.2) is 11.6 Å². The minimum Gasteiger partial charge on any atom is -0.350 e. The first kappa shape index (κ1) is 15.6. The van der Waals surface area contributed by atoms with Crippen molar-refractivity contribution in [1.29, 1.82) is 0 Å². The van der Waals surface area contributed by atoms with E-state index in [1.165, 1.54) is 0 Å². The van der Waals surface area contributed by atoms with Crippen molar-refractivity contribution >= 4 is 11.8 Å². The van der Waals surface area contributed by atoms with Crippen LogP contribution in [0.3, 0.4) is 0 Å². The maximum atomic E-state index is 13.0. The molecule has 7 heteroatoms. The summed E-state index contributed by atoms with van der Waals surface area (Å²) < 4.78 is 25.8. The Morgan fingerprint density at radius 1 is 1.09 bits per heavy atom. The van der Waals surface area contributed by atoms with Crippen molar-refractivity contribution in [1.82, 2.24) is 15.6 Å². The summed E-state index contributed by atoms with van der Waals surface area (Å²) in [5.41, 5.74) is 0.766. The van der Waals surface area contributed by atoms with Crippen molar-refractivity contribution in [2.24, 2.45) is 0 Å². The van der Waals surface area contributed by atoms with Crippen LogP contribution in [0, 0.1) is 11.6 Å². The minimum atomic E-state index is -1.12. The quantitative estimate of drug-likeness (QED) is 0.877. The molecule has 0 radical (unpaired) electrons. The molecule has 0 spiro atoms. The first-order chi connectivity index (χ1) is 10.6. The van der Waals surface area contributed by atoms with Gasteiger partial charge in [-0.2, -0.15) is 0 Å². The van der Waals surface area contributed by atoms with E-state index in [0.717, 1.165) is 23.8 Å². The van der Waals surface area contributed by atoms with Crippen LogP contribution >= 0.6 is 0 Å². The third kappa shape index (κ3) is 4.34. The lowest BCUT2D eigenvalue weighted by Crippen LogP contribution is -2.36. The fourth-order valence-electron chi connectivity index (χ4n) is 1.67. The smallest absolute Gasteiger partial charge is 0.251 e. The van der Waals surface area contributed by atoms with Crippen LogP contribution < -0.4 is 10.6 Å². The second-order valence-electron chi connectivity index (χ2n) is 4.45. The van der Waals surface area contributed by atoms with Crippen LogP contribution in [0.2, 0.25) is 0 Å². The number of amides is 2. The van der Waals surface area contributed by atoms with E-state index in [4.69, 9.17) is 0 Å². The van der Waals surface area contributed by atoms with Crippen LogP contribution in [-0.2, 0) is 11.3 Å². The van der Waals surface area contributed by atoms with Crippen LogP contribution in [0.1, 0.15) is 15.9 Å². The van der Waals surface area contributed by atoms with Gasteiger partial charge in [0.1, 0.15) is 0 Å². The van der Waals surface area contributed by atoms with Gasteiger partial charge in [-0.1, -0.05) is 6.07 Å². The standard InChI is InChI=1S/C15H13F2N3O2/c16-12-4-3-11(6-13(12)17)15(22)20-9-14(21)19-8-10-2-1-5-18-7-10/h1-7H,8-9H2,(H,19,21)(H,20,22). The predicted octanol–water partition coefficient (Wildman–Crippen LogP) is 1.41. The maximum Gasteiger partial charge on any atom is 0.251 e. The normalized spacial score (nSPS) is 10.1. The molecule has 0 aliphatic rings. The molecule has 1 heterocycles. The molecule has 0 aliphatic carbocycles. The summed E-state index contributed by atoms with van der Waals surface area (Å²) >= 11 is 0. The van der Waals surface area contributed by atoms with Crippen molar-refractivity contribution in [3.05, 3.63) is 65.5 Å². The number of nitrogens with one attached hydrogen (secondary N) is 2. The molecule has 0 atom stereocenters. The van der Waals surface area contributed by atoms with Gasteiger partial charge in [-0.15, -0.1) is 0 Å². The topological polar surface area (TPSA) is 71.1 Å². The van der Waals surface area contributed by atoms with Gasteiger partial charge < -0.3 is 10.6 Å². The van der Waals surface area contributed by atoms with Crippen LogP contribution in [0.25, 0.3) is 0 Å². The van der Waals surface area contributed by atoms with Crippen molar-refractivity contribution in [3.8, 4) is 0 Å². The zero-order valence-corrected chi connectivity index (χ0v) is 11.5. The number of carbonyl (C=O) groups excluding carboxylic acids is 2. The maximum absolute atomic E-state index is 13.0. The molecule has 5 nitrogen and oxygen atoms in total. The largest absolute Gasteiger partial charge is 0.350 e. The Labute approximate surface area is 125 Å². The summed E-state index contributed by atoms with van der Waals surface area (Å²) in [6.07, 6.45) is 3.23. The first-order valence-electron chi connectivity index (χ1n) is 6.45. The highest BCUT2D eigenvalue weighted by molar-refractivity contribution is 5.96. The third-order valence-corrected chi connectivity index (χ3v) is 2.80. The Morgan fingerprint density at radius 3 is 2.59 bits per heavy atom. The number of pyridine rings is 1. The van der Waals surface area contributed by atoms with E-state index in [2.05, 4.69) is 15.6 Å². The zero-order chi connectivity index (χ0) is 15.9. The number of hydrogen-bond acceptors (Lipinski definition) is 3. The summed E-state index contributed by atoms with van der Waals surface area (Å²) in [7, 11) is 0. The molecular weight excluding hydrogens is 292 g/mol. The molecule has 0 saturated heterocycles. The Kier molecular flexibility index (Phi) is 5.13. The van der Waals surface area contributed by atoms with Crippen molar-refractivity contribution < 1.29 is 18.4 Å². The van der Waals surface area contributed by atoms with Gasteiger partial charge in [-0.05, 0) is 29.8 Å². The summed E-state index contributed by atoms with van der Waals surface area (Å²) in [5, 5.41) is 4.92. The van der Waals surface area contributed by atoms with Gasteiger partial charge >= 0.3 is 0 Å². The number of halogens is 2. The number of benzene rings is 1. The molecule has 2 N–H and O–H groups in total. The van der Waals surface area contributed by atoms with Crippen LogP contribution in [0.15, 0.2) is 42.7 Å². The van der Waals surface area contributed by atoms with Gasteiger partial charge in [0, 0.05) is 24.5 Å². The molecule has 2 amide bonds. The lowest BCUT2D eigenvalue weighted by Gasteiger charge is -2.07. The van der Waals surface area contributed by atoms with Crippen molar-refractivity contribution in [3.63, 3.8) is 0 Å². The highest BCUT2D eigenvalue weighted by Crippen LogP contribution is 2.08. The molecular formula is C15H13F2N3O2. The first-order valence-corrected chi connectivity index (χ1v) is 6.45. The highest BCUT2D eigenvalue weighted by Gasteiger charge is 2.10. The number of aromatic nitrogens is 1. The molecule has 0 saturated carbocycles. The molecule has 1 aromatic carbocycles. The van der Waals surface area contributed by atoms with Crippen molar-refractivity contribution in [2.75, 3.05) is 6.54 Å². The molecule has 0 aliphatic heterocycles. The number of hydrogen-bond donors (Lipinski definition) is 2. The average Bonchev–Trinajstić information content (AvgIpc) is 2.54. The van der Waals surface area contributed by atoms with Crippen LogP contribution in [-0.4, -0.2) is 23.3 Å². The molecule has 22 heavy (non-hydrogen) atoms. The lowest BCUT2D eigenvalue weighted by molar-refractivity contribution is -0.120. The van der Waals surface area contributed by atoms with E-state index < -0.39 is 23.4 Å². The minimum absolute atomic E-state index is 0.0565. The third-order valence-electron chi connectivity index (χ3n) is 2.80. The van der Waals surface area contributed by atoms with Crippen LogP contribution in [0.4, 0.5) is 8.78 Å². The molecule has 2 aromatic rings. The van der Waals surface area contributed by atoms with E-state index in [-0.39, 0.29) is 18.7 Å². The fourth-order valence-corrected chi connectivity index (χ4v) is 1.67. The van der Waals surface area contributed by atoms with Gasteiger partial charge in [0.05, 0.1) is 6.54 Å².